The lowest BCUT2D eigenvalue weighted by Crippen LogP contribution is -2.15. The van der Waals surface area contributed by atoms with Crippen molar-refractivity contribution in [2.75, 3.05) is 17.7 Å². The molecule has 1 amide bonds. The Morgan fingerprint density at radius 2 is 1.95 bits per heavy atom. The molecule has 0 saturated heterocycles. The fourth-order valence-corrected chi connectivity index (χ4v) is 2.53. The van der Waals surface area contributed by atoms with Gasteiger partial charge in [-0.3, -0.25) is 4.79 Å². The standard InChI is InChI=1S/C15H14ClIN2O2/c16-13-9-10(17)1-6-14(13)19-15(20)7-8-21-12-4-2-11(18)3-5-12/h1-6,9H,7-8,18H2,(H,19,20). The van der Waals surface area contributed by atoms with Gasteiger partial charge in [-0.2, -0.15) is 0 Å². The van der Waals surface area contributed by atoms with E-state index < -0.39 is 0 Å². The van der Waals surface area contributed by atoms with E-state index >= 15 is 0 Å². The third-order valence-corrected chi connectivity index (χ3v) is 3.67. The zero-order valence-electron chi connectivity index (χ0n) is 11.1. The molecule has 0 fully saturated rings. The van der Waals surface area contributed by atoms with Gasteiger partial charge < -0.3 is 15.8 Å². The van der Waals surface area contributed by atoms with Gasteiger partial charge in [-0.05, 0) is 65.1 Å². The van der Waals surface area contributed by atoms with E-state index in [4.69, 9.17) is 22.1 Å². The number of rotatable bonds is 5. The van der Waals surface area contributed by atoms with Crippen LogP contribution in [0.5, 0.6) is 5.75 Å². The van der Waals surface area contributed by atoms with E-state index in [1.807, 2.05) is 6.07 Å². The monoisotopic (exact) mass is 416 g/mol. The summed E-state index contributed by atoms with van der Waals surface area (Å²) in [5.41, 5.74) is 6.86. The summed E-state index contributed by atoms with van der Waals surface area (Å²) in [5.74, 6) is 0.540. The molecule has 0 saturated carbocycles. The first kappa shape index (κ1) is 15.9. The molecule has 0 aromatic heterocycles. The second-order valence-electron chi connectivity index (χ2n) is 4.34. The number of hydrogen-bond donors (Lipinski definition) is 2. The topological polar surface area (TPSA) is 64.3 Å². The molecule has 0 heterocycles. The number of halogens is 2. The number of amides is 1. The zero-order valence-corrected chi connectivity index (χ0v) is 14.0. The van der Waals surface area contributed by atoms with Gasteiger partial charge in [0.25, 0.3) is 0 Å². The second kappa shape index (κ2) is 7.51. The lowest BCUT2D eigenvalue weighted by atomic mass is 10.3. The van der Waals surface area contributed by atoms with Gasteiger partial charge in [-0.1, -0.05) is 11.6 Å². The Labute approximate surface area is 141 Å². The summed E-state index contributed by atoms with van der Waals surface area (Å²) in [6.07, 6.45) is 0.243. The first-order valence-electron chi connectivity index (χ1n) is 6.28. The van der Waals surface area contributed by atoms with E-state index in [0.717, 1.165) is 3.57 Å². The van der Waals surface area contributed by atoms with E-state index in [1.165, 1.54) is 0 Å². The minimum Gasteiger partial charge on any atom is -0.493 e. The van der Waals surface area contributed by atoms with Crippen molar-refractivity contribution >= 4 is 51.5 Å². The molecule has 6 heteroatoms. The summed E-state index contributed by atoms with van der Waals surface area (Å²) in [7, 11) is 0. The molecule has 2 aromatic carbocycles. The van der Waals surface area contributed by atoms with Crippen LogP contribution in [0.2, 0.25) is 5.02 Å². The maximum atomic E-state index is 11.8. The van der Waals surface area contributed by atoms with Crippen molar-refractivity contribution in [3.8, 4) is 5.75 Å². The van der Waals surface area contributed by atoms with Crippen LogP contribution in [0.4, 0.5) is 11.4 Å². The molecule has 0 radical (unpaired) electrons. The third-order valence-electron chi connectivity index (χ3n) is 2.68. The van der Waals surface area contributed by atoms with Gasteiger partial charge in [-0.15, -0.1) is 0 Å². The molecule has 21 heavy (non-hydrogen) atoms. The Bertz CT molecular complexity index is 632. The Morgan fingerprint density at radius 1 is 1.24 bits per heavy atom. The van der Waals surface area contributed by atoms with Gasteiger partial charge >= 0.3 is 0 Å². The molecule has 0 aliphatic heterocycles. The highest BCUT2D eigenvalue weighted by atomic mass is 127. The van der Waals surface area contributed by atoms with E-state index in [9.17, 15) is 4.79 Å². The summed E-state index contributed by atoms with van der Waals surface area (Å²) in [5, 5.41) is 3.28. The number of benzene rings is 2. The maximum absolute atomic E-state index is 11.8. The van der Waals surface area contributed by atoms with Crippen molar-refractivity contribution in [3.05, 3.63) is 51.1 Å². The van der Waals surface area contributed by atoms with Crippen LogP contribution in [-0.4, -0.2) is 12.5 Å². The Balaban J connectivity index is 1.81. The molecule has 0 bridgehead atoms. The van der Waals surface area contributed by atoms with Crippen molar-refractivity contribution in [2.45, 2.75) is 6.42 Å². The van der Waals surface area contributed by atoms with Crippen molar-refractivity contribution in [1.82, 2.24) is 0 Å². The minimum absolute atomic E-state index is 0.145. The molecule has 4 nitrogen and oxygen atoms in total. The fourth-order valence-electron chi connectivity index (χ4n) is 1.63. The second-order valence-corrected chi connectivity index (χ2v) is 5.99. The first-order chi connectivity index (χ1) is 10.0. The summed E-state index contributed by atoms with van der Waals surface area (Å²) in [4.78, 5) is 11.8. The number of anilines is 2. The molecule has 0 atom stereocenters. The van der Waals surface area contributed by atoms with Gasteiger partial charge in [0.05, 0.1) is 23.7 Å². The van der Waals surface area contributed by atoms with Crippen molar-refractivity contribution < 1.29 is 9.53 Å². The maximum Gasteiger partial charge on any atom is 0.227 e. The van der Waals surface area contributed by atoms with Crippen LogP contribution in [0, 0.1) is 3.57 Å². The van der Waals surface area contributed by atoms with Gasteiger partial charge in [0.15, 0.2) is 0 Å². The molecule has 0 aliphatic rings. The van der Waals surface area contributed by atoms with Crippen molar-refractivity contribution in [2.24, 2.45) is 0 Å². The van der Waals surface area contributed by atoms with Crippen molar-refractivity contribution in [1.29, 1.82) is 0 Å². The SMILES string of the molecule is Nc1ccc(OCCC(=O)Nc2ccc(I)cc2Cl)cc1. The molecule has 0 aliphatic carbocycles. The number of nitrogens with two attached hydrogens (primary N) is 1. The van der Waals surface area contributed by atoms with Crippen LogP contribution in [0.25, 0.3) is 0 Å². The number of hydrogen-bond acceptors (Lipinski definition) is 3. The summed E-state index contributed by atoms with van der Waals surface area (Å²) >= 11 is 8.22. The third kappa shape index (κ3) is 5.09. The van der Waals surface area contributed by atoms with E-state index in [-0.39, 0.29) is 18.9 Å². The van der Waals surface area contributed by atoms with Gasteiger partial charge in [0, 0.05) is 9.26 Å². The number of nitrogens with one attached hydrogen (secondary N) is 1. The van der Waals surface area contributed by atoms with Crippen LogP contribution in [-0.2, 0) is 4.79 Å². The smallest absolute Gasteiger partial charge is 0.227 e. The molecule has 0 unspecified atom stereocenters. The van der Waals surface area contributed by atoms with Crippen LogP contribution in [0.3, 0.4) is 0 Å². The Kier molecular flexibility index (Phi) is 5.69. The molecule has 2 aromatic rings. The van der Waals surface area contributed by atoms with Crippen LogP contribution in [0.15, 0.2) is 42.5 Å². The summed E-state index contributed by atoms with van der Waals surface area (Å²) < 4.78 is 6.48. The van der Waals surface area contributed by atoms with Gasteiger partial charge in [-0.25, -0.2) is 0 Å². The number of carbonyl (C=O) groups is 1. The molecular weight excluding hydrogens is 403 g/mol. The quantitative estimate of drug-likeness (QED) is 0.573. The zero-order chi connectivity index (χ0) is 15.2. The van der Waals surface area contributed by atoms with Crippen LogP contribution >= 0.6 is 34.2 Å². The van der Waals surface area contributed by atoms with Crippen LogP contribution < -0.4 is 15.8 Å². The highest BCUT2D eigenvalue weighted by Crippen LogP contribution is 2.24. The number of carbonyl (C=O) groups excluding carboxylic acids is 1. The highest BCUT2D eigenvalue weighted by Gasteiger charge is 2.06. The van der Waals surface area contributed by atoms with E-state index in [2.05, 4.69) is 27.9 Å². The fraction of sp³-hybridized carbons (Fsp3) is 0.133. The van der Waals surface area contributed by atoms with Gasteiger partial charge in [0.1, 0.15) is 5.75 Å². The minimum atomic E-state index is -0.145. The van der Waals surface area contributed by atoms with E-state index in [1.54, 1.807) is 36.4 Å². The van der Waals surface area contributed by atoms with Crippen LogP contribution in [0.1, 0.15) is 6.42 Å². The Hall–Kier alpha value is -1.47. The normalized spacial score (nSPS) is 10.2. The lowest BCUT2D eigenvalue weighted by Gasteiger charge is -2.09. The predicted molar refractivity (Wildman–Crippen MR) is 93.8 cm³/mol. The number of ether oxygens (including phenoxy) is 1. The first-order valence-corrected chi connectivity index (χ1v) is 7.73. The average molecular weight is 417 g/mol. The molecule has 0 spiro atoms. The largest absolute Gasteiger partial charge is 0.493 e. The lowest BCUT2D eigenvalue weighted by molar-refractivity contribution is -0.116. The average Bonchev–Trinajstić information content (AvgIpc) is 2.44. The molecule has 110 valence electrons. The summed E-state index contributed by atoms with van der Waals surface area (Å²) in [6.45, 7) is 0.289. The van der Waals surface area contributed by atoms with E-state index in [0.29, 0.717) is 22.1 Å². The van der Waals surface area contributed by atoms with Crippen molar-refractivity contribution in [3.63, 3.8) is 0 Å². The summed E-state index contributed by atoms with van der Waals surface area (Å²) in [6, 6.07) is 12.5. The molecular formula is C15H14ClIN2O2. The molecule has 3 N–H and O–H groups in total. The highest BCUT2D eigenvalue weighted by molar-refractivity contribution is 14.1. The Morgan fingerprint density at radius 3 is 2.62 bits per heavy atom. The molecule has 2 rings (SSSR count). The predicted octanol–water partition coefficient (Wildman–Crippen LogP) is 3.93. The van der Waals surface area contributed by atoms with Gasteiger partial charge in [0.2, 0.25) is 5.91 Å². The number of nitrogen functional groups attached to an aromatic ring is 1.